The molecule has 3 heteroatoms. The average molecular weight is 236 g/mol. The van der Waals surface area contributed by atoms with Crippen molar-refractivity contribution < 1.29 is 4.74 Å². The second kappa shape index (κ2) is 7.96. The van der Waals surface area contributed by atoms with Gasteiger partial charge in [-0.05, 0) is 44.3 Å². The third kappa shape index (κ3) is 6.17. The van der Waals surface area contributed by atoms with Crippen LogP contribution in [-0.2, 0) is 0 Å². The minimum atomic E-state index is 0.729. The Morgan fingerprint density at radius 2 is 1.82 bits per heavy atom. The van der Waals surface area contributed by atoms with Crippen molar-refractivity contribution in [2.75, 3.05) is 32.5 Å². The lowest BCUT2D eigenvalue weighted by atomic mass is 10.2. The van der Waals surface area contributed by atoms with E-state index < -0.39 is 0 Å². The van der Waals surface area contributed by atoms with Crippen LogP contribution in [0.3, 0.4) is 0 Å². The summed E-state index contributed by atoms with van der Waals surface area (Å²) in [5.41, 5.74) is 6.38. The van der Waals surface area contributed by atoms with E-state index in [9.17, 15) is 0 Å². The maximum absolute atomic E-state index is 5.64. The maximum Gasteiger partial charge on any atom is 0.119 e. The van der Waals surface area contributed by atoms with Gasteiger partial charge in [-0.3, -0.25) is 0 Å². The van der Waals surface area contributed by atoms with Gasteiger partial charge in [0.1, 0.15) is 12.4 Å². The molecule has 0 spiro atoms. The highest BCUT2D eigenvalue weighted by atomic mass is 16.5. The minimum absolute atomic E-state index is 0.729. The molecule has 1 aromatic rings. The third-order valence-corrected chi connectivity index (χ3v) is 2.77. The molecule has 0 amide bonds. The zero-order valence-corrected chi connectivity index (χ0v) is 11.0. The Balaban J connectivity index is 2.12. The fraction of sp³-hybridized carbons (Fsp3) is 0.571. The first-order valence-electron chi connectivity index (χ1n) is 6.39. The minimum Gasteiger partial charge on any atom is -0.492 e. The summed E-state index contributed by atoms with van der Waals surface area (Å²) in [6, 6.07) is 7.54. The van der Waals surface area contributed by atoms with E-state index in [4.69, 9.17) is 10.5 Å². The molecule has 0 unspecified atom stereocenters. The number of hydrogen-bond donors (Lipinski definition) is 1. The molecule has 2 N–H and O–H groups in total. The van der Waals surface area contributed by atoms with Gasteiger partial charge in [0, 0.05) is 12.2 Å². The second-order valence-corrected chi connectivity index (χ2v) is 4.43. The molecule has 0 bridgehead atoms. The molecule has 0 saturated carbocycles. The molecular weight excluding hydrogens is 212 g/mol. The first-order valence-corrected chi connectivity index (χ1v) is 6.39. The van der Waals surface area contributed by atoms with Gasteiger partial charge >= 0.3 is 0 Å². The highest BCUT2D eigenvalue weighted by Gasteiger charge is 1.98. The normalized spacial score (nSPS) is 10.8. The predicted molar refractivity (Wildman–Crippen MR) is 73.4 cm³/mol. The van der Waals surface area contributed by atoms with E-state index in [1.54, 1.807) is 0 Å². The Morgan fingerprint density at radius 3 is 2.47 bits per heavy atom. The van der Waals surface area contributed by atoms with E-state index in [1.807, 2.05) is 24.3 Å². The Kier molecular flexibility index (Phi) is 6.48. The monoisotopic (exact) mass is 236 g/mol. The van der Waals surface area contributed by atoms with Crippen molar-refractivity contribution in [1.82, 2.24) is 4.90 Å². The molecule has 0 radical (unpaired) electrons. The second-order valence-electron chi connectivity index (χ2n) is 4.43. The topological polar surface area (TPSA) is 38.5 Å². The first kappa shape index (κ1) is 13.8. The van der Waals surface area contributed by atoms with Gasteiger partial charge in [0.15, 0.2) is 0 Å². The number of rotatable bonds is 8. The quantitative estimate of drug-likeness (QED) is 0.557. The van der Waals surface area contributed by atoms with Crippen LogP contribution in [0.25, 0.3) is 0 Å². The molecule has 0 aromatic heterocycles. The summed E-state index contributed by atoms with van der Waals surface area (Å²) in [5, 5.41) is 0. The largest absolute Gasteiger partial charge is 0.492 e. The van der Waals surface area contributed by atoms with Crippen LogP contribution in [0, 0.1) is 0 Å². The van der Waals surface area contributed by atoms with Crippen molar-refractivity contribution in [2.45, 2.75) is 26.2 Å². The third-order valence-electron chi connectivity index (χ3n) is 2.77. The molecule has 17 heavy (non-hydrogen) atoms. The van der Waals surface area contributed by atoms with Crippen molar-refractivity contribution in [1.29, 1.82) is 0 Å². The van der Waals surface area contributed by atoms with Crippen LogP contribution in [0.15, 0.2) is 24.3 Å². The van der Waals surface area contributed by atoms with Crippen LogP contribution in [0.1, 0.15) is 26.2 Å². The maximum atomic E-state index is 5.64. The lowest BCUT2D eigenvalue weighted by Crippen LogP contribution is -2.25. The first-order chi connectivity index (χ1) is 8.22. The average Bonchev–Trinajstić information content (AvgIpc) is 2.32. The van der Waals surface area contributed by atoms with Gasteiger partial charge < -0.3 is 15.4 Å². The zero-order chi connectivity index (χ0) is 12.5. The fourth-order valence-corrected chi connectivity index (χ4v) is 1.63. The van der Waals surface area contributed by atoms with Crippen LogP contribution in [-0.4, -0.2) is 31.6 Å². The number of hydrogen-bond acceptors (Lipinski definition) is 3. The molecule has 0 aliphatic heterocycles. The Morgan fingerprint density at radius 1 is 1.12 bits per heavy atom. The van der Waals surface area contributed by atoms with Crippen molar-refractivity contribution in [3.63, 3.8) is 0 Å². The molecular formula is C14H24N2O. The highest BCUT2D eigenvalue weighted by Crippen LogP contribution is 2.12. The van der Waals surface area contributed by atoms with Crippen LogP contribution < -0.4 is 10.5 Å². The van der Waals surface area contributed by atoms with E-state index in [1.165, 1.54) is 19.3 Å². The van der Waals surface area contributed by atoms with E-state index in [0.29, 0.717) is 0 Å². The number of nitrogens with zero attached hydrogens (tertiary/aromatic N) is 1. The molecule has 0 atom stereocenters. The number of anilines is 1. The SMILES string of the molecule is CCCCCN(C)CCOc1ccc(N)cc1. The van der Waals surface area contributed by atoms with E-state index >= 15 is 0 Å². The van der Waals surface area contributed by atoms with E-state index in [0.717, 1.165) is 31.1 Å². The van der Waals surface area contributed by atoms with E-state index in [-0.39, 0.29) is 0 Å². The number of likely N-dealkylation sites (N-methyl/N-ethyl adjacent to an activating group) is 1. The molecule has 1 aromatic carbocycles. The Hall–Kier alpha value is -1.22. The van der Waals surface area contributed by atoms with Gasteiger partial charge in [0.2, 0.25) is 0 Å². The standard InChI is InChI=1S/C14H24N2O/c1-3-4-5-10-16(2)11-12-17-14-8-6-13(15)7-9-14/h6-9H,3-5,10-12,15H2,1-2H3. The number of nitrogens with two attached hydrogens (primary N) is 1. The number of nitrogen functional groups attached to an aromatic ring is 1. The van der Waals surface area contributed by atoms with Crippen molar-refractivity contribution in [2.24, 2.45) is 0 Å². The van der Waals surface area contributed by atoms with Crippen LogP contribution >= 0.6 is 0 Å². The molecule has 0 aliphatic carbocycles. The Bertz CT molecular complexity index is 298. The number of ether oxygens (including phenoxy) is 1. The van der Waals surface area contributed by atoms with Gasteiger partial charge in [-0.1, -0.05) is 19.8 Å². The van der Waals surface area contributed by atoms with Gasteiger partial charge in [-0.15, -0.1) is 0 Å². The van der Waals surface area contributed by atoms with Gasteiger partial charge in [-0.25, -0.2) is 0 Å². The lowest BCUT2D eigenvalue weighted by Gasteiger charge is -2.16. The zero-order valence-electron chi connectivity index (χ0n) is 11.0. The summed E-state index contributed by atoms with van der Waals surface area (Å²) in [7, 11) is 2.14. The van der Waals surface area contributed by atoms with Gasteiger partial charge in [0.05, 0.1) is 0 Å². The Labute approximate surface area is 105 Å². The van der Waals surface area contributed by atoms with Gasteiger partial charge in [0.25, 0.3) is 0 Å². The molecule has 0 saturated heterocycles. The summed E-state index contributed by atoms with van der Waals surface area (Å²) in [6.07, 6.45) is 3.85. The number of unbranched alkanes of at least 4 members (excludes halogenated alkanes) is 2. The molecule has 0 fully saturated rings. The van der Waals surface area contributed by atoms with E-state index in [2.05, 4.69) is 18.9 Å². The molecule has 96 valence electrons. The summed E-state index contributed by atoms with van der Waals surface area (Å²) < 4.78 is 5.64. The summed E-state index contributed by atoms with van der Waals surface area (Å²) >= 11 is 0. The van der Waals surface area contributed by atoms with Crippen LogP contribution in [0.5, 0.6) is 5.75 Å². The molecule has 1 rings (SSSR count). The summed E-state index contributed by atoms with van der Waals surface area (Å²) in [5.74, 6) is 0.890. The summed E-state index contributed by atoms with van der Waals surface area (Å²) in [4.78, 5) is 2.31. The summed E-state index contributed by atoms with van der Waals surface area (Å²) in [6.45, 7) is 5.07. The fourth-order valence-electron chi connectivity index (χ4n) is 1.63. The molecule has 0 aliphatic rings. The van der Waals surface area contributed by atoms with Gasteiger partial charge in [-0.2, -0.15) is 0 Å². The molecule has 0 heterocycles. The van der Waals surface area contributed by atoms with Crippen LogP contribution in [0.4, 0.5) is 5.69 Å². The lowest BCUT2D eigenvalue weighted by molar-refractivity contribution is 0.235. The molecule has 3 nitrogen and oxygen atoms in total. The highest BCUT2D eigenvalue weighted by molar-refractivity contribution is 5.41. The smallest absolute Gasteiger partial charge is 0.119 e. The van der Waals surface area contributed by atoms with Crippen molar-refractivity contribution >= 4 is 5.69 Å². The van der Waals surface area contributed by atoms with Crippen molar-refractivity contribution in [3.8, 4) is 5.75 Å². The van der Waals surface area contributed by atoms with Crippen molar-refractivity contribution in [3.05, 3.63) is 24.3 Å². The number of benzene rings is 1. The van der Waals surface area contributed by atoms with Crippen LogP contribution in [0.2, 0.25) is 0 Å². The predicted octanol–water partition coefficient (Wildman–Crippen LogP) is 2.77.